The van der Waals surface area contributed by atoms with E-state index in [-0.39, 0.29) is 18.1 Å². The van der Waals surface area contributed by atoms with Gasteiger partial charge in [0.1, 0.15) is 0 Å². The minimum atomic E-state index is -0.0850. The second-order valence-corrected chi connectivity index (χ2v) is 6.52. The number of likely N-dealkylation sites (tertiary alicyclic amines) is 1. The summed E-state index contributed by atoms with van der Waals surface area (Å²) >= 11 is 0. The lowest BCUT2D eigenvalue weighted by Crippen LogP contribution is -2.51. The van der Waals surface area contributed by atoms with Gasteiger partial charge in [-0.1, -0.05) is 13.8 Å². The van der Waals surface area contributed by atoms with Crippen LogP contribution in [0.4, 0.5) is 4.79 Å². The molecule has 0 aromatic heterocycles. The maximum Gasteiger partial charge on any atom is 0.315 e. The van der Waals surface area contributed by atoms with Crippen molar-refractivity contribution in [2.75, 3.05) is 13.1 Å². The zero-order valence-electron chi connectivity index (χ0n) is 12.8. The minimum absolute atomic E-state index is 0.0850. The Labute approximate surface area is 121 Å². The van der Waals surface area contributed by atoms with E-state index >= 15 is 0 Å². The van der Waals surface area contributed by atoms with Crippen LogP contribution in [0.5, 0.6) is 0 Å². The van der Waals surface area contributed by atoms with Crippen molar-refractivity contribution in [1.82, 2.24) is 15.5 Å². The highest BCUT2D eigenvalue weighted by molar-refractivity contribution is 5.81. The van der Waals surface area contributed by atoms with Crippen LogP contribution in [-0.4, -0.2) is 42.0 Å². The van der Waals surface area contributed by atoms with Gasteiger partial charge in [-0.3, -0.25) is 4.79 Å². The fraction of sp³-hybridized carbons (Fsp3) is 0.867. The van der Waals surface area contributed by atoms with Crippen molar-refractivity contribution >= 4 is 11.9 Å². The van der Waals surface area contributed by atoms with Crippen molar-refractivity contribution in [3.8, 4) is 0 Å². The lowest BCUT2D eigenvalue weighted by Gasteiger charge is -2.33. The molecule has 1 heterocycles. The number of nitrogens with one attached hydrogen (secondary N) is 2. The van der Waals surface area contributed by atoms with Gasteiger partial charge in [0.05, 0.1) is 0 Å². The average molecular weight is 281 g/mol. The molecule has 3 amide bonds. The van der Waals surface area contributed by atoms with E-state index in [1.165, 1.54) is 0 Å². The SMILES string of the molecule is CC(C)C(C)NC(=O)NC1CCN(C(=O)C2CC2)CC1. The highest BCUT2D eigenvalue weighted by Gasteiger charge is 2.35. The van der Waals surface area contributed by atoms with Crippen molar-refractivity contribution in [2.45, 2.75) is 58.5 Å². The molecule has 2 aliphatic rings. The predicted octanol–water partition coefficient (Wildman–Crippen LogP) is 1.73. The van der Waals surface area contributed by atoms with Crippen molar-refractivity contribution in [3.63, 3.8) is 0 Å². The Hall–Kier alpha value is -1.26. The molecular formula is C15H27N3O2. The molecule has 1 saturated carbocycles. The number of hydrogen-bond acceptors (Lipinski definition) is 2. The van der Waals surface area contributed by atoms with Gasteiger partial charge in [0.15, 0.2) is 0 Å². The van der Waals surface area contributed by atoms with Gasteiger partial charge in [0.2, 0.25) is 5.91 Å². The predicted molar refractivity (Wildman–Crippen MR) is 78.3 cm³/mol. The van der Waals surface area contributed by atoms with E-state index in [9.17, 15) is 9.59 Å². The van der Waals surface area contributed by atoms with Gasteiger partial charge in [-0.05, 0) is 38.5 Å². The number of urea groups is 1. The van der Waals surface area contributed by atoms with Crippen molar-refractivity contribution in [1.29, 1.82) is 0 Å². The van der Waals surface area contributed by atoms with Crippen LogP contribution in [0.3, 0.4) is 0 Å². The Kier molecular flexibility index (Phi) is 4.89. The van der Waals surface area contributed by atoms with Gasteiger partial charge in [-0.25, -0.2) is 4.79 Å². The highest BCUT2D eigenvalue weighted by Crippen LogP contribution is 2.31. The molecule has 2 fully saturated rings. The van der Waals surface area contributed by atoms with Crippen molar-refractivity contribution in [3.05, 3.63) is 0 Å². The number of nitrogens with zero attached hydrogens (tertiary/aromatic N) is 1. The fourth-order valence-electron chi connectivity index (χ4n) is 2.43. The van der Waals surface area contributed by atoms with Crippen molar-refractivity contribution < 1.29 is 9.59 Å². The summed E-state index contributed by atoms with van der Waals surface area (Å²) in [6, 6.07) is 0.280. The molecule has 0 aromatic rings. The van der Waals surface area contributed by atoms with Gasteiger partial charge in [0.25, 0.3) is 0 Å². The first-order valence-corrected chi connectivity index (χ1v) is 7.83. The molecule has 1 atom stereocenters. The monoisotopic (exact) mass is 281 g/mol. The lowest BCUT2D eigenvalue weighted by molar-refractivity contribution is -0.133. The highest BCUT2D eigenvalue weighted by atomic mass is 16.2. The molecule has 1 unspecified atom stereocenters. The molecule has 0 bridgehead atoms. The third kappa shape index (κ3) is 4.12. The number of piperidine rings is 1. The van der Waals surface area contributed by atoms with Crippen LogP contribution in [0.15, 0.2) is 0 Å². The third-order valence-corrected chi connectivity index (χ3v) is 4.43. The zero-order valence-corrected chi connectivity index (χ0v) is 12.8. The summed E-state index contributed by atoms with van der Waals surface area (Å²) in [7, 11) is 0. The summed E-state index contributed by atoms with van der Waals surface area (Å²) in [6.45, 7) is 7.75. The third-order valence-electron chi connectivity index (χ3n) is 4.43. The van der Waals surface area contributed by atoms with Crippen LogP contribution in [-0.2, 0) is 4.79 Å². The quantitative estimate of drug-likeness (QED) is 0.824. The topological polar surface area (TPSA) is 61.4 Å². The normalized spacial score (nSPS) is 21.7. The molecule has 1 aliphatic carbocycles. The molecule has 114 valence electrons. The molecule has 0 aromatic carbocycles. The molecular weight excluding hydrogens is 254 g/mol. The van der Waals surface area contributed by atoms with E-state index in [2.05, 4.69) is 24.5 Å². The van der Waals surface area contributed by atoms with Crippen LogP contribution >= 0.6 is 0 Å². The van der Waals surface area contributed by atoms with Gasteiger partial charge in [0, 0.05) is 31.1 Å². The van der Waals surface area contributed by atoms with E-state index in [1.54, 1.807) is 0 Å². The molecule has 2 rings (SSSR count). The molecule has 1 aliphatic heterocycles. The Bertz CT molecular complexity index is 358. The molecule has 2 N–H and O–H groups in total. The fourth-order valence-corrected chi connectivity index (χ4v) is 2.43. The molecule has 5 heteroatoms. The standard InChI is InChI=1S/C15H27N3O2/c1-10(2)11(3)16-15(20)17-13-6-8-18(9-7-13)14(19)12-4-5-12/h10-13H,4-9H2,1-3H3,(H2,16,17,20). The van der Waals surface area contributed by atoms with Crippen LogP contribution in [0, 0.1) is 11.8 Å². The molecule has 20 heavy (non-hydrogen) atoms. The van der Waals surface area contributed by atoms with E-state index in [4.69, 9.17) is 0 Å². The number of carbonyl (C=O) groups excluding carboxylic acids is 2. The second-order valence-electron chi connectivity index (χ2n) is 6.52. The molecule has 0 radical (unpaired) electrons. The van der Waals surface area contributed by atoms with E-state index in [0.717, 1.165) is 38.8 Å². The zero-order chi connectivity index (χ0) is 14.7. The summed E-state index contributed by atoms with van der Waals surface area (Å²) < 4.78 is 0. The number of hydrogen-bond donors (Lipinski definition) is 2. The Morgan fingerprint density at radius 2 is 1.65 bits per heavy atom. The van der Waals surface area contributed by atoms with Gasteiger partial charge < -0.3 is 15.5 Å². The van der Waals surface area contributed by atoms with Gasteiger partial charge in [-0.15, -0.1) is 0 Å². The minimum Gasteiger partial charge on any atom is -0.342 e. The smallest absolute Gasteiger partial charge is 0.315 e. The first-order valence-electron chi connectivity index (χ1n) is 7.83. The van der Waals surface area contributed by atoms with Gasteiger partial charge >= 0.3 is 6.03 Å². The summed E-state index contributed by atoms with van der Waals surface area (Å²) in [4.78, 5) is 25.8. The number of rotatable bonds is 4. The Morgan fingerprint density at radius 1 is 1.05 bits per heavy atom. The first kappa shape index (κ1) is 15.1. The molecule has 1 saturated heterocycles. The maximum absolute atomic E-state index is 11.9. The molecule has 0 spiro atoms. The van der Waals surface area contributed by atoms with Crippen LogP contribution in [0.25, 0.3) is 0 Å². The second kappa shape index (κ2) is 6.46. The Balaban J connectivity index is 1.68. The van der Waals surface area contributed by atoms with Crippen LogP contribution < -0.4 is 10.6 Å². The summed E-state index contributed by atoms with van der Waals surface area (Å²) in [5.41, 5.74) is 0. The summed E-state index contributed by atoms with van der Waals surface area (Å²) in [5, 5.41) is 5.98. The van der Waals surface area contributed by atoms with Crippen LogP contribution in [0.1, 0.15) is 46.5 Å². The number of amides is 3. The maximum atomic E-state index is 11.9. The summed E-state index contributed by atoms with van der Waals surface area (Å²) in [5.74, 6) is 1.05. The Morgan fingerprint density at radius 3 is 2.15 bits per heavy atom. The van der Waals surface area contributed by atoms with Crippen LogP contribution in [0.2, 0.25) is 0 Å². The lowest BCUT2D eigenvalue weighted by atomic mass is 10.0. The number of carbonyl (C=O) groups is 2. The van der Waals surface area contributed by atoms with Crippen molar-refractivity contribution in [2.24, 2.45) is 11.8 Å². The average Bonchev–Trinajstić information content (AvgIpc) is 3.22. The largest absolute Gasteiger partial charge is 0.342 e. The molecule has 5 nitrogen and oxygen atoms in total. The van der Waals surface area contributed by atoms with E-state index in [1.807, 2.05) is 11.8 Å². The van der Waals surface area contributed by atoms with Gasteiger partial charge in [-0.2, -0.15) is 0 Å². The van der Waals surface area contributed by atoms with E-state index in [0.29, 0.717) is 17.7 Å². The van der Waals surface area contributed by atoms with E-state index < -0.39 is 0 Å². The first-order chi connectivity index (χ1) is 9.47. The summed E-state index contributed by atoms with van der Waals surface area (Å²) in [6.07, 6.45) is 3.85.